The fourth-order valence-electron chi connectivity index (χ4n) is 3.17. The van der Waals surface area contributed by atoms with Crippen LogP contribution in [-0.4, -0.2) is 34.8 Å². The van der Waals surface area contributed by atoms with Gasteiger partial charge >= 0.3 is 0 Å². The molecule has 0 saturated carbocycles. The largest absolute Gasteiger partial charge is 0.349 e. The second kappa shape index (κ2) is 8.08. The second-order valence-corrected chi connectivity index (χ2v) is 6.59. The SMILES string of the molecule is CC(NC(=O)C1CCN(C(=O)c2ccc(F)cc2)CC1)c1cccnc1. The van der Waals surface area contributed by atoms with E-state index in [4.69, 9.17) is 0 Å². The summed E-state index contributed by atoms with van der Waals surface area (Å²) in [6.45, 7) is 2.98. The number of aromatic nitrogens is 1. The Labute approximate surface area is 152 Å². The number of amides is 2. The number of pyridine rings is 1. The zero-order valence-electron chi connectivity index (χ0n) is 14.7. The number of nitrogens with one attached hydrogen (secondary N) is 1. The molecule has 0 spiro atoms. The molecule has 1 aromatic heterocycles. The summed E-state index contributed by atoms with van der Waals surface area (Å²) in [6.07, 6.45) is 4.69. The van der Waals surface area contributed by atoms with Crippen molar-refractivity contribution in [1.82, 2.24) is 15.2 Å². The highest BCUT2D eigenvalue weighted by Crippen LogP contribution is 2.21. The van der Waals surface area contributed by atoms with E-state index in [2.05, 4.69) is 10.3 Å². The number of hydrogen-bond donors (Lipinski definition) is 1. The van der Waals surface area contributed by atoms with E-state index in [1.165, 1.54) is 24.3 Å². The lowest BCUT2D eigenvalue weighted by Gasteiger charge is -2.32. The molecule has 3 rings (SSSR count). The number of hydrogen-bond acceptors (Lipinski definition) is 3. The third-order valence-corrected chi connectivity index (χ3v) is 4.79. The molecular weight excluding hydrogens is 333 g/mol. The van der Waals surface area contributed by atoms with Gasteiger partial charge in [-0.15, -0.1) is 0 Å². The molecule has 1 aromatic carbocycles. The predicted molar refractivity (Wildman–Crippen MR) is 95.8 cm³/mol. The van der Waals surface area contributed by atoms with E-state index in [0.717, 1.165) is 5.56 Å². The molecule has 0 bridgehead atoms. The van der Waals surface area contributed by atoms with Gasteiger partial charge in [0, 0.05) is 37.0 Å². The summed E-state index contributed by atoms with van der Waals surface area (Å²) < 4.78 is 13.0. The second-order valence-electron chi connectivity index (χ2n) is 6.59. The average Bonchev–Trinajstić information content (AvgIpc) is 2.69. The summed E-state index contributed by atoms with van der Waals surface area (Å²) in [5.74, 6) is -0.575. The molecule has 1 atom stereocenters. The van der Waals surface area contributed by atoms with Gasteiger partial charge < -0.3 is 10.2 Å². The molecule has 6 heteroatoms. The maximum Gasteiger partial charge on any atom is 0.253 e. The van der Waals surface area contributed by atoms with E-state index in [-0.39, 0.29) is 29.6 Å². The molecule has 1 aliphatic rings. The lowest BCUT2D eigenvalue weighted by molar-refractivity contribution is -0.127. The van der Waals surface area contributed by atoms with E-state index in [1.807, 2.05) is 19.1 Å². The van der Waals surface area contributed by atoms with Crippen LogP contribution >= 0.6 is 0 Å². The molecule has 1 saturated heterocycles. The molecule has 0 aliphatic carbocycles. The first-order valence-corrected chi connectivity index (χ1v) is 8.79. The maximum atomic E-state index is 13.0. The Kier molecular flexibility index (Phi) is 5.61. The van der Waals surface area contributed by atoms with Crippen LogP contribution in [0.25, 0.3) is 0 Å². The molecule has 2 aromatic rings. The quantitative estimate of drug-likeness (QED) is 0.917. The van der Waals surface area contributed by atoms with Crippen LogP contribution in [-0.2, 0) is 4.79 Å². The van der Waals surface area contributed by atoms with Gasteiger partial charge in [-0.2, -0.15) is 0 Å². The lowest BCUT2D eigenvalue weighted by atomic mass is 9.94. The Morgan fingerprint density at radius 1 is 1.19 bits per heavy atom. The predicted octanol–water partition coefficient (Wildman–Crippen LogP) is 2.95. The van der Waals surface area contributed by atoms with Crippen molar-refractivity contribution in [3.8, 4) is 0 Å². The Morgan fingerprint density at radius 2 is 1.88 bits per heavy atom. The van der Waals surface area contributed by atoms with Crippen LogP contribution in [0.15, 0.2) is 48.8 Å². The van der Waals surface area contributed by atoms with Gasteiger partial charge in [0.05, 0.1) is 6.04 Å². The first-order chi connectivity index (χ1) is 12.5. The van der Waals surface area contributed by atoms with Crippen molar-refractivity contribution in [3.05, 3.63) is 65.7 Å². The van der Waals surface area contributed by atoms with Crippen LogP contribution in [0.5, 0.6) is 0 Å². The third-order valence-electron chi connectivity index (χ3n) is 4.79. The summed E-state index contributed by atoms with van der Waals surface area (Å²) in [7, 11) is 0. The summed E-state index contributed by atoms with van der Waals surface area (Å²) in [5.41, 5.74) is 1.43. The van der Waals surface area contributed by atoms with Gasteiger partial charge in [0.15, 0.2) is 0 Å². The molecule has 5 nitrogen and oxygen atoms in total. The van der Waals surface area contributed by atoms with Gasteiger partial charge in [-0.05, 0) is 55.7 Å². The zero-order valence-corrected chi connectivity index (χ0v) is 14.7. The molecule has 1 fully saturated rings. The Balaban J connectivity index is 1.52. The van der Waals surface area contributed by atoms with E-state index < -0.39 is 0 Å². The van der Waals surface area contributed by atoms with Crippen LogP contribution in [0.4, 0.5) is 4.39 Å². The van der Waals surface area contributed by atoms with Gasteiger partial charge in [0.25, 0.3) is 5.91 Å². The number of likely N-dealkylation sites (tertiary alicyclic amines) is 1. The molecule has 2 heterocycles. The minimum atomic E-state index is -0.361. The monoisotopic (exact) mass is 355 g/mol. The molecule has 136 valence electrons. The standard InChI is InChI=1S/C20H22FN3O2/c1-14(17-3-2-10-22-13-17)23-19(25)15-8-11-24(12-9-15)20(26)16-4-6-18(21)7-5-16/h2-7,10,13-15H,8-9,11-12H2,1H3,(H,23,25). The third kappa shape index (κ3) is 4.25. The highest BCUT2D eigenvalue weighted by atomic mass is 19.1. The van der Waals surface area contributed by atoms with Crippen molar-refractivity contribution in [1.29, 1.82) is 0 Å². The van der Waals surface area contributed by atoms with Crippen LogP contribution in [0, 0.1) is 11.7 Å². The van der Waals surface area contributed by atoms with Crippen LogP contribution in [0.1, 0.15) is 41.7 Å². The molecule has 1 unspecified atom stereocenters. The van der Waals surface area contributed by atoms with E-state index >= 15 is 0 Å². The average molecular weight is 355 g/mol. The number of piperidine rings is 1. The number of carbonyl (C=O) groups excluding carboxylic acids is 2. The van der Waals surface area contributed by atoms with E-state index in [9.17, 15) is 14.0 Å². The molecule has 1 aliphatic heterocycles. The minimum Gasteiger partial charge on any atom is -0.349 e. The number of halogens is 1. The number of carbonyl (C=O) groups is 2. The topological polar surface area (TPSA) is 62.3 Å². The van der Waals surface area contributed by atoms with E-state index in [1.54, 1.807) is 17.3 Å². The van der Waals surface area contributed by atoms with Crippen LogP contribution < -0.4 is 5.32 Å². The Bertz CT molecular complexity index is 756. The fourth-order valence-corrected chi connectivity index (χ4v) is 3.17. The van der Waals surface area contributed by atoms with Crippen molar-refractivity contribution in [2.45, 2.75) is 25.8 Å². The van der Waals surface area contributed by atoms with Gasteiger partial charge in [0.1, 0.15) is 5.82 Å². The smallest absolute Gasteiger partial charge is 0.253 e. The van der Waals surface area contributed by atoms with Gasteiger partial charge in [0.2, 0.25) is 5.91 Å². The van der Waals surface area contributed by atoms with Crippen molar-refractivity contribution in [2.75, 3.05) is 13.1 Å². The van der Waals surface area contributed by atoms with E-state index in [0.29, 0.717) is 31.5 Å². The number of nitrogens with zero attached hydrogens (tertiary/aromatic N) is 2. The molecule has 26 heavy (non-hydrogen) atoms. The molecular formula is C20H22FN3O2. The molecule has 1 N–H and O–H groups in total. The van der Waals surface area contributed by atoms with Crippen molar-refractivity contribution in [2.24, 2.45) is 5.92 Å². The number of benzene rings is 1. The summed E-state index contributed by atoms with van der Waals surface area (Å²) in [6, 6.07) is 9.23. The first-order valence-electron chi connectivity index (χ1n) is 8.79. The van der Waals surface area contributed by atoms with Crippen molar-refractivity contribution in [3.63, 3.8) is 0 Å². The maximum absolute atomic E-state index is 13.0. The normalized spacial score (nSPS) is 16.2. The summed E-state index contributed by atoms with van der Waals surface area (Å²) in [4.78, 5) is 30.7. The van der Waals surface area contributed by atoms with Gasteiger partial charge in [-0.25, -0.2) is 4.39 Å². The molecule has 0 radical (unpaired) electrons. The number of rotatable bonds is 4. The summed E-state index contributed by atoms with van der Waals surface area (Å²) in [5, 5.41) is 3.02. The van der Waals surface area contributed by atoms with Gasteiger partial charge in [-0.3, -0.25) is 14.6 Å². The fraction of sp³-hybridized carbons (Fsp3) is 0.350. The minimum absolute atomic E-state index is 0.00948. The highest BCUT2D eigenvalue weighted by molar-refractivity contribution is 5.94. The van der Waals surface area contributed by atoms with Crippen LogP contribution in [0.2, 0.25) is 0 Å². The Morgan fingerprint density at radius 3 is 2.50 bits per heavy atom. The Hall–Kier alpha value is -2.76. The van der Waals surface area contributed by atoms with Gasteiger partial charge in [-0.1, -0.05) is 6.07 Å². The first kappa shape index (κ1) is 18.0. The van der Waals surface area contributed by atoms with Crippen molar-refractivity contribution >= 4 is 11.8 Å². The highest BCUT2D eigenvalue weighted by Gasteiger charge is 2.28. The lowest BCUT2D eigenvalue weighted by Crippen LogP contribution is -2.43. The molecule has 2 amide bonds. The van der Waals surface area contributed by atoms with Crippen molar-refractivity contribution < 1.29 is 14.0 Å². The summed E-state index contributed by atoms with van der Waals surface area (Å²) >= 11 is 0. The zero-order chi connectivity index (χ0) is 18.5. The van der Waals surface area contributed by atoms with Crippen LogP contribution in [0.3, 0.4) is 0 Å².